The largest absolute Gasteiger partial charge is 0.481 e. The van der Waals surface area contributed by atoms with Gasteiger partial charge in [0.2, 0.25) is 18.5 Å². The Balaban J connectivity index is 1.47. The number of carboxylic acid groups (broad SMARTS) is 1. The highest BCUT2D eigenvalue weighted by Gasteiger charge is 2.52. The second kappa shape index (κ2) is 6.41. The van der Waals surface area contributed by atoms with E-state index >= 15 is 0 Å². The molecule has 0 saturated carbocycles. The number of likely N-dealkylation sites (tertiary alicyclic amines) is 1. The molecule has 4 rings (SSSR count). The van der Waals surface area contributed by atoms with Gasteiger partial charge in [-0.3, -0.25) is 9.69 Å². The molecule has 144 valence electrons. The van der Waals surface area contributed by atoms with Crippen molar-refractivity contribution in [1.29, 1.82) is 0 Å². The number of carbonyl (C=O) groups is 1. The average Bonchev–Trinajstić information content (AvgIpc) is 3.32. The summed E-state index contributed by atoms with van der Waals surface area (Å²) in [4.78, 5) is 16.7. The van der Waals surface area contributed by atoms with Gasteiger partial charge in [0.1, 0.15) is 0 Å². The van der Waals surface area contributed by atoms with Crippen molar-refractivity contribution >= 4 is 5.97 Å². The fourth-order valence-corrected chi connectivity index (χ4v) is 3.26. The molecule has 0 spiro atoms. The van der Waals surface area contributed by atoms with Gasteiger partial charge in [0, 0.05) is 18.7 Å². The number of carboxylic acids is 1. The van der Waals surface area contributed by atoms with Crippen molar-refractivity contribution in [3.8, 4) is 22.9 Å². The molecule has 0 amide bonds. The topological polar surface area (TPSA) is 97.9 Å². The van der Waals surface area contributed by atoms with E-state index < -0.39 is 30.5 Å². The Hall–Kier alpha value is -2.82. The van der Waals surface area contributed by atoms with Crippen molar-refractivity contribution in [3.63, 3.8) is 0 Å². The smallest absolute Gasteiger partial charge is 0.393 e. The van der Waals surface area contributed by atoms with Gasteiger partial charge in [0.25, 0.3) is 0 Å². The van der Waals surface area contributed by atoms with E-state index in [4.69, 9.17) is 19.1 Å². The van der Waals surface area contributed by atoms with E-state index in [-0.39, 0.29) is 31.6 Å². The molecule has 0 radical (unpaired) electrons. The van der Waals surface area contributed by atoms with E-state index in [2.05, 4.69) is 10.1 Å². The molecule has 8 nitrogen and oxygen atoms in total. The Bertz CT molecular complexity index is 869. The summed E-state index contributed by atoms with van der Waals surface area (Å²) in [5.41, 5.74) is 0.604. The van der Waals surface area contributed by atoms with Crippen LogP contribution < -0.4 is 9.47 Å². The van der Waals surface area contributed by atoms with Gasteiger partial charge in [-0.05, 0) is 18.2 Å². The first-order chi connectivity index (χ1) is 12.8. The van der Waals surface area contributed by atoms with Crippen molar-refractivity contribution in [3.05, 3.63) is 24.1 Å². The van der Waals surface area contributed by atoms with E-state index in [1.54, 1.807) is 18.2 Å². The Morgan fingerprint density at radius 1 is 1.26 bits per heavy atom. The van der Waals surface area contributed by atoms with Crippen LogP contribution in [0.3, 0.4) is 0 Å². The fourth-order valence-electron chi connectivity index (χ4n) is 3.26. The second-order valence-corrected chi connectivity index (χ2v) is 6.37. The number of rotatable bonds is 4. The van der Waals surface area contributed by atoms with Crippen molar-refractivity contribution < 1.29 is 37.1 Å². The molecule has 2 atom stereocenters. The SMILES string of the molecule is O=C(O)[C@@H]1CN(Cc2nc(-c3ccc4c(c3)OCO4)no2)C[C@H]1C(F)(F)F. The van der Waals surface area contributed by atoms with E-state index in [1.807, 2.05) is 0 Å². The van der Waals surface area contributed by atoms with Gasteiger partial charge in [-0.15, -0.1) is 0 Å². The first kappa shape index (κ1) is 17.6. The van der Waals surface area contributed by atoms with Crippen molar-refractivity contribution in [2.75, 3.05) is 19.9 Å². The maximum Gasteiger partial charge on any atom is 0.393 e. The number of alkyl halides is 3. The lowest BCUT2D eigenvalue weighted by atomic mass is 9.96. The lowest BCUT2D eigenvalue weighted by Gasteiger charge is -2.17. The van der Waals surface area contributed by atoms with E-state index in [9.17, 15) is 18.0 Å². The minimum atomic E-state index is -4.58. The van der Waals surface area contributed by atoms with E-state index in [0.29, 0.717) is 17.1 Å². The predicted molar refractivity (Wildman–Crippen MR) is 81.8 cm³/mol. The van der Waals surface area contributed by atoms with Crippen LogP contribution in [0.25, 0.3) is 11.4 Å². The summed E-state index contributed by atoms with van der Waals surface area (Å²) in [7, 11) is 0. The summed E-state index contributed by atoms with van der Waals surface area (Å²) in [6, 6.07) is 5.07. The quantitative estimate of drug-likeness (QED) is 0.855. The molecule has 11 heteroatoms. The summed E-state index contributed by atoms with van der Waals surface area (Å²) in [5.74, 6) is -3.41. The van der Waals surface area contributed by atoms with Crippen LogP contribution in [0.15, 0.2) is 22.7 Å². The number of hydrogen-bond donors (Lipinski definition) is 1. The minimum Gasteiger partial charge on any atom is -0.481 e. The third kappa shape index (κ3) is 3.42. The zero-order chi connectivity index (χ0) is 19.2. The lowest BCUT2D eigenvalue weighted by molar-refractivity contribution is -0.188. The standard InChI is InChI=1S/C16H14F3N3O5/c17-16(18,19)10-5-22(4-9(10)15(23)24)6-13-20-14(21-27-13)8-1-2-11-12(3-8)26-7-25-11/h1-3,9-10H,4-7H2,(H,23,24)/t9-,10-/m1/s1. The van der Waals surface area contributed by atoms with E-state index in [0.717, 1.165) is 0 Å². The van der Waals surface area contributed by atoms with Gasteiger partial charge in [-0.1, -0.05) is 5.16 Å². The van der Waals surface area contributed by atoms with Gasteiger partial charge in [-0.25, -0.2) is 0 Å². The van der Waals surface area contributed by atoms with Gasteiger partial charge >= 0.3 is 12.1 Å². The molecule has 0 bridgehead atoms. The van der Waals surface area contributed by atoms with Crippen LogP contribution in [0.2, 0.25) is 0 Å². The predicted octanol–water partition coefficient (Wildman–Crippen LogP) is 2.16. The molecule has 27 heavy (non-hydrogen) atoms. The molecule has 0 aliphatic carbocycles. The Morgan fingerprint density at radius 2 is 2.04 bits per heavy atom. The Morgan fingerprint density at radius 3 is 2.74 bits per heavy atom. The van der Waals surface area contributed by atoms with E-state index in [1.165, 1.54) is 4.90 Å². The molecule has 1 aromatic carbocycles. The molecule has 2 aromatic rings. The third-order valence-electron chi connectivity index (χ3n) is 4.59. The number of halogens is 3. The van der Waals surface area contributed by atoms with Gasteiger partial charge in [0.05, 0.1) is 18.4 Å². The molecule has 1 aromatic heterocycles. The molecule has 3 heterocycles. The molecular weight excluding hydrogens is 371 g/mol. The molecular formula is C16H14F3N3O5. The number of fused-ring (bicyclic) bond motifs is 1. The molecule has 1 N–H and O–H groups in total. The summed E-state index contributed by atoms with van der Waals surface area (Å²) in [5, 5.41) is 12.9. The summed E-state index contributed by atoms with van der Waals surface area (Å²) >= 11 is 0. The van der Waals surface area contributed by atoms with Gasteiger partial charge in [-0.2, -0.15) is 18.2 Å². The summed E-state index contributed by atoms with van der Waals surface area (Å²) in [6.07, 6.45) is -4.58. The Kier molecular flexibility index (Phi) is 4.17. The highest BCUT2D eigenvalue weighted by atomic mass is 19.4. The van der Waals surface area contributed by atoms with Crippen LogP contribution in [0.4, 0.5) is 13.2 Å². The van der Waals surface area contributed by atoms with Crippen LogP contribution in [0.1, 0.15) is 5.89 Å². The zero-order valence-electron chi connectivity index (χ0n) is 13.8. The number of hydrogen-bond acceptors (Lipinski definition) is 7. The molecule has 1 fully saturated rings. The third-order valence-corrected chi connectivity index (χ3v) is 4.59. The number of aliphatic carboxylic acids is 1. The monoisotopic (exact) mass is 385 g/mol. The second-order valence-electron chi connectivity index (χ2n) is 6.37. The Labute approximate surface area is 150 Å². The van der Waals surface area contributed by atoms with Crippen molar-refractivity contribution in [2.24, 2.45) is 11.8 Å². The van der Waals surface area contributed by atoms with Crippen LogP contribution in [-0.4, -0.2) is 52.2 Å². The van der Waals surface area contributed by atoms with Crippen LogP contribution in [0, 0.1) is 11.8 Å². The van der Waals surface area contributed by atoms with Gasteiger partial charge < -0.3 is 19.1 Å². The summed E-state index contributed by atoms with van der Waals surface area (Å²) in [6.45, 7) is -0.603. The average molecular weight is 385 g/mol. The van der Waals surface area contributed by atoms with Crippen molar-refractivity contribution in [1.82, 2.24) is 15.0 Å². The summed E-state index contributed by atoms with van der Waals surface area (Å²) < 4.78 is 54.8. The first-order valence-corrected chi connectivity index (χ1v) is 8.06. The highest BCUT2D eigenvalue weighted by molar-refractivity contribution is 5.71. The number of ether oxygens (including phenoxy) is 2. The first-order valence-electron chi connectivity index (χ1n) is 8.06. The zero-order valence-corrected chi connectivity index (χ0v) is 13.8. The minimum absolute atomic E-state index is 0.0616. The lowest BCUT2D eigenvalue weighted by Crippen LogP contribution is -2.33. The van der Waals surface area contributed by atoms with Gasteiger partial charge in [0.15, 0.2) is 11.5 Å². The van der Waals surface area contributed by atoms with Crippen LogP contribution in [-0.2, 0) is 11.3 Å². The number of benzene rings is 1. The molecule has 2 aliphatic heterocycles. The highest BCUT2D eigenvalue weighted by Crippen LogP contribution is 2.38. The maximum atomic E-state index is 13.1. The molecule has 1 saturated heterocycles. The number of nitrogens with zero attached hydrogens (tertiary/aromatic N) is 3. The van der Waals surface area contributed by atoms with Crippen LogP contribution in [0.5, 0.6) is 11.5 Å². The van der Waals surface area contributed by atoms with Crippen LogP contribution >= 0.6 is 0 Å². The fraction of sp³-hybridized carbons (Fsp3) is 0.438. The van der Waals surface area contributed by atoms with Crippen molar-refractivity contribution in [2.45, 2.75) is 12.7 Å². The maximum absolute atomic E-state index is 13.1. The molecule has 0 unspecified atom stereocenters. The normalized spacial score (nSPS) is 22.3. The molecule has 2 aliphatic rings. The number of aromatic nitrogens is 2.